The number of methoxy groups -OCH3 is 2. The first-order chi connectivity index (χ1) is 14.5. The van der Waals surface area contributed by atoms with Crippen LogP contribution in [0.15, 0.2) is 24.5 Å². The number of piperidine rings is 1. The summed E-state index contributed by atoms with van der Waals surface area (Å²) in [5, 5.41) is 20.6. The first-order valence-corrected chi connectivity index (χ1v) is 9.06. The van der Waals surface area contributed by atoms with Crippen molar-refractivity contribution in [3.05, 3.63) is 45.9 Å². The zero-order chi connectivity index (χ0) is 21.7. The maximum Gasteiger partial charge on any atom is 0.286 e. The highest BCUT2D eigenvalue weighted by Crippen LogP contribution is 2.35. The van der Waals surface area contributed by atoms with Gasteiger partial charge in [-0.3, -0.25) is 14.9 Å². The van der Waals surface area contributed by atoms with E-state index in [1.165, 1.54) is 43.6 Å². The molecular formula is C19H19N5O6. The fraction of sp³-hybridized carbons (Fsp3) is 0.368. The van der Waals surface area contributed by atoms with Crippen LogP contribution in [0.2, 0.25) is 0 Å². The van der Waals surface area contributed by atoms with Gasteiger partial charge in [-0.25, -0.2) is 9.97 Å². The van der Waals surface area contributed by atoms with Gasteiger partial charge in [-0.15, -0.1) is 0 Å². The summed E-state index contributed by atoms with van der Waals surface area (Å²) in [6.07, 6.45) is 3.64. The van der Waals surface area contributed by atoms with Gasteiger partial charge in [0, 0.05) is 25.0 Å². The minimum Gasteiger partial charge on any atom is -0.493 e. The Balaban J connectivity index is 1.85. The maximum absolute atomic E-state index is 13.1. The second-order valence-electron chi connectivity index (χ2n) is 6.44. The number of aromatic nitrogens is 2. The van der Waals surface area contributed by atoms with Gasteiger partial charge in [-0.05, 0) is 12.8 Å². The summed E-state index contributed by atoms with van der Waals surface area (Å²) in [6.45, 7) is 0.599. The van der Waals surface area contributed by atoms with Crippen LogP contribution in [0.4, 0.5) is 5.69 Å². The summed E-state index contributed by atoms with van der Waals surface area (Å²) in [5.41, 5.74) is -0.423. The van der Waals surface area contributed by atoms with Crippen LogP contribution in [0.1, 0.15) is 28.9 Å². The second-order valence-corrected chi connectivity index (χ2v) is 6.44. The number of likely N-dealkylation sites (tertiary alicyclic amines) is 1. The van der Waals surface area contributed by atoms with Crippen LogP contribution < -0.4 is 14.2 Å². The zero-order valence-electron chi connectivity index (χ0n) is 16.4. The van der Waals surface area contributed by atoms with Gasteiger partial charge >= 0.3 is 0 Å². The van der Waals surface area contributed by atoms with Crippen LogP contribution in [0, 0.1) is 21.4 Å². The second kappa shape index (κ2) is 9.04. The summed E-state index contributed by atoms with van der Waals surface area (Å²) >= 11 is 0. The topological polar surface area (TPSA) is 141 Å². The Morgan fingerprint density at radius 3 is 2.63 bits per heavy atom. The number of nitrogens with zero attached hydrogens (tertiary/aromatic N) is 5. The highest BCUT2D eigenvalue weighted by Gasteiger charge is 2.32. The average Bonchev–Trinajstić information content (AvgIpc) is 2.78. The van der Waals surface area contributed by atoms with Crippen LogP contribution in [0.3, 0.4) is 0 Å². The monoisotopic (exact) mass is 413 g/mol. The number of nitriles is 1. The Labute approximate surface area is 172 Å². The summed E-state index contributed by atoms with van der Waals surface area (Å²) in [7, 11) is 2.74. The molecule has 0 saturated carbocycles. The van der Waals surface area contributed by atoms with Gasteiger partial charge in [0.05, 0.1) is 31.8 Å². The molecular weight excluding hydrogens is 394 g/mol. The average molecular weight is 413 g/mol. The third kappa shape index (κ3) is 4.22. The lowest BCUT2D eigenvalue weighted by atomic mass is 10.0. The Kier molecular flexibility index (Phi) is 6.26. The van der Waals surface area contributed by atoms with Crippen molar-refractivity contribution in [3.63, 3.8) is 0 Å². The van der Waals surface area contributed by atoms with E-state index in [1.807, 2.05) is 6.07 Å². The van der Waals surface area contributed by atoms with Crippen molar-refractivity contribution in [2.45, 2.75) is 18.9 Å². The molecule has 156 valence electrons. The van der Waals surface area contributed by atoms with Crippen LogP contribution in [0.5, 0.6) is 17.4 Å². The number of ether oxygens (including phenoxy) is 3. The Morgan fingerprint density at radius 1 is 1.27 bits per heavy atom. The fourth-order valence-corrected chi connectivity index (χ4v) is 3.23. The standard InChI is InChI=1S/C19H19N5O6/c1-28-16-8-13(15(24(26)27)9-17(16)29-2)19(25)23-7-3-4-12(11-23)30-18-14(10-20)21-5-6-22-18/h5-6,8-9,12H,3-4,7,11H2,1-2H3. The molecule has 3 rings (SSSR count). The molecule has 30 heavy (non-hydrogen) atoms. The quantitative estimate of drug-likeness (QED) is 0.513. The van der Waals surface area contributed by atoms with Crippen LogP contribution in [-0.4, -0.2) is 59.1 Å². The first kappa shape index (κ1) is 20.8. The molecule has 0 N–H and O–H groups in total. The first-order valence-electron chi connectivity index (χ1n) is 9.06. The summed E-state index contributed by atoms with van der Waals surface area (Å²) < 4.78 is 16.1. The van der Waals surface area contributed by atoms with Crippen LogP contribution in [-0.2, 0) is 0 Å². The third-order valence-electron chi connectivity index (χ3n) is 4.64. The molecule has 0 aliphatic carbocycles. The molecule has 11 heteroatoms. The normalized spacial score (nSPS) is 15.8. The molecule has 1 amide bonds. The summed E-state index contributed by atoms with van der Waals surface area (Å²) in [5.74, 6) is -0.0474. The lowest BCUT2D eigenvalue weighted by molar-refractivity contribution is -0.385. The van der Waals surface area contributed by atoms with Crippen molar-refractivity contribution >= 4 is 11.6 Å². The van der Waals surface area contributed by atoms with Gasteiger partial charge in [0.25, 0.3) is 17.5 Å². The smallest absolute Gasteiger partial charge is 0.286 e. The predicted octanol–water partition coefficient (Wildman–Crippen LogP) is 1.96. The Hall–Kier alpha value is -3.94. The van der Waals surface area contributed by atoms with Gasteiger partial charge in [-0.2, -0.15) is 5.26 Å². The number of rotatable bonds is 6. The van der Waals surface area contributed by atoms with Gasteiger partial charge < -0.3 is 19.1 Å². The number of benzene rings is 1. The van der Waals surface area contributed by atoms with Crippen molar-refractivity contribution < 1.29 is 23.9 Å². The molecule has 2 aromatic rings. The molecule has 1 aromatic heterocycles. The largest absolute Gasteiger partial charge is 0.493 e. The van der Waals surface area contributed by atoms with Gasteiger partial charge in [0.1, 0.15) is 17.7 Å². The molecule has 1 saturated heterocycles. The molecule has 2 heterocycles. The number of carbonyl (C=O) groups is 1. The number of hydrogen-bond donors (Lipinski definition) is 0. The number of nitro groups is 1. The molecule has 0 bridgehead atoms. The van der Waals surface area contributed by atoms with E-state index in [1.54, 1.807) is 0 Å². The molecule has 1 aromatic carbocycles. The van der Waals surface area contributed by atoms with Crippen LogP contribution in [0.25, 0.3) is 0 Å². The number of nitro benzene ring substituents is 1. The van der Waals surface area contributed by atoms with Gasteiger partial charge in [0.15, 0.2) is 11.5 Å². The van der Waals surface area contributed by atoms with E-state index in [2.05, 4.69) is 9.97 Å². The molecule has 0 spiro atoms. The van der Waals surface area contributed by atoms with E-state index in [4.69, 9.17) is 19.5 Å². The zero-order valence-corrected chi connectivity index (χ0v) is 16.4. The number of amides is 1. The molecule has 1 atom stereocenters. The van der Waals surface area contributed by atoms with Gasteiger partial charge in [0.2, 0.25) is 5.69 Å². The lowest BCUT2D eigenvalue weighted by Crippen LogP contribution is -2.44. The minimum absolute atomic E-state index is 0.0523. The number of carbonyl (C=O) groups excluding carboxylic acids is 1. The highest BCUT2D eigenvalue weighted by molar-refractivity contribution is 5.99. The molecule has 1 aliphatic rings. The fourth-order valence-electron chi connectivity index (χ4n) is 3.23. The van der Waals surface area contributed by atoms with E-state index >= 15 is 0 Å². The predicted molar refractivity (Wildman–Crippen MR) is 103 cm³/mol. The van der Waals surface area contributed by atoms with E-state index in [9.17, 15) is 14.9 Å². The third-order valence-corrected chi connectivity index (χ3v) is 4.64. The summed E-state index contributed by atoms with van der Waals surface area (Å²) in [6, 6.07) is 4.38. The molecule has 11 nitrogen and oxygen atoms in total. The van der Waals surface area contributed by atoms with Crippen LogP contribution >= 0.6 is 0 Å². The Bertz CT molecular complexity index is 1010. The Morgan fingerprint density at radius 2 is 1.97 bits per heavy atom. The minimum atomic E-state index is -0.633. The maximum atomic E-state index is 13.1. The highest BCUT2D eigenvalue weighted by atomic mass is 16.6. The SMILES string of the molecule is COc1cc(C(=O)N2CCCC(Oc3nccnc3C#N)C2)c([N+](=O)[O-])cc1OC. The van der Waals surface area contributed by atoms with E-state index in [-0.39, 0.29) is 40.9 Å². The number of hydrogen-bond acceptors (Lipinski definition) is 9. The molecule has 1 aliphatic heterocycles. The van der Waals surface area contributed by atoms with E-state index in [0.29, 0.717) is 19.4 Å². The molecule has 1 unspecified atom stereocenters. The van der Waals surface area contributed by atoms with E-state index < -0.39 is 16.9 Å². The van der Waals surface area contributed by atoms with Crippen molar-refractivity contribution in [3.8, 4) is 23.4 Å². The lowest BCUT2D eigenvalue weighted by Gasteiger charge is -2.32. The van der Waals surface area contributed by atoms with Gasteiger partial charge in [-0.1, -0.05) is 0 Å². The van der Waals surface area contributed by atoms with E-state index in [0.717, 1.165) is 0 Å². The van der Waals surface area contributed by atoms with Crippen molar-refractivity contribution in [1.29, 1.82) is 5.26 Å². The van der Waals surface area contributed by atoms with Crippen molar-refractivity contribution in [1.82, 2.24) is 14.9 Å². The van der Waals surface area contributed by atoms with Crippen molar-refractivity contribution in [2.75, 3.05) is 27.3 Å². The molecule has 0 radical (unpaired) electrons. The molecule has 1 fully saturated rings. The summed E-state index contributed by atoms with van der Waals surface area (Å²) in [4.78, 5) is 33.4. The van der Waals surface area contributed by atoms with Crippen molar-refractivity contribution in [2.24, 2.45) is 0 Å².